The average molecular weight is 351 g/mol. The van der Waals surface area contributed by atoms with Crippen molar-refractivity contribution in [2.45, 2.75) is 72.4 Å². The molecule has 2 amide bonds. The van der Waals surface area contributed by atoms with Gasteiger partial charge in [0, 0.05) is 22.7 Å². The lowest BCUT2D eigenvalue weighted by atomic mass is 9.98. The zero-order chi connectivity index (χ0) is 17.9. The van der Waals surface area contributed by atoms with E-state index in [-0.39, 0.29) is 23.9 Å². The number of rotatable bonds is 6. The highest BCUT2D eigenvalue weighted by atomic mass is 32.1. The topological polar surface area (TPSA) is 49.4 Å². The van der Waals surface area contributed by atoms with Crippen molar-refractivity contribution in [3.05, 3.63) is 21.4 Å². The van der Waals surface area contributed by atoms with Crippen LogP contribution < -0.4 is 5.32 Å². The van der Waals surface area contributed by atoms with Crippen molar-refractivity contribution >= 4 is 23.2 Å². The van der Waals surface area contributed by atoms with Crippen molar-refractivity contribution in [1.82, 2.24) is 10.2 Å². The standard InChI is InChI=1S/C19H30N2O2S/c1-12(2)10-17(21-9-7-6-8-18(21)22)19(23)20-14(4)16-11-13(3)24-15(16)5/h11-12,14,17H,6-10H2,1-5H3,(H,20,23)/t14-,17+/m1/s1. The molecule has 0 aliphatic carbocycles. The van der Waals surface area contributed by atoms with Crippen LogP contribution in [-0.2, 0) is 9.59 Å². The zero-order valence-electron chi connectivity index (χ0n) is 15.5. The van der Waals surface area contributed by atoms with Crippen molar-refractivity contribution in [2.75, 3.05) is 6.54 Å². The maximum absolute atomic E-state index is 12.9. The molecule has 24 heavy (non-hydrogen) atoms. The highest BCUT2D eigenvalue weighted by Gasteiger charge is 2.32. The molecule has 1 N–H and O–H groups in total. The molecular formula is C19H30N2O2S. The van der Waals surface area contributed by atoms with Crippen LogP contribution in [0.4, 0.5) is 0 Å². The first-order valence-corrected chi connectivity index (χ1v) is 9.78. The minimum absolute atomic E-state index is 0.0188. The molecule has 1 aromatic rings. The van der Waals surface area contributed by atoms with Crippen LogP contribution in [-0.4, -0.2) is 29.3 Å². The van der Waals surface area contributed by atoms with E-state index in [1.807, 2.05) is 6.92 Å². The molecule has 0 aromatic carbocycles. The number of thiophene rings is 1. The lowest BCUT2D eigenvalue weighted by Crippen LogP contribution is -2.52. The molecule has 2 heterocycles. The molecule has 1 saturated heterocycles. The van der Waals surface area contributed by atoms with Crippen LogP contribution in [0.2, 0.25) is 0 Å². The minimum atomic E-state index is -0.347. The fraction of sp³-hybridized carbons (Fsp3) is 0.684. The van der Waals surface area contributed by atoms with E-state index >= 15 is 0 Å². The summed E-state index contributed by atoms with van der Waals surface area (Å²) in [5, 5.41) is 3.15. The van der Waals surface area contributed by atoms with Crippen LogP contribution in [0.5, 0.6) is 0 Å². The van der Waals surface area contributed by atoms with Crippen molar-refractivity contribution in [3.8, 4) is 0 Å². The number of piperidine rings is 1. The molecule has 2 atom stereocenters. The maximum atomic E-state index is 12.9. The summed E-state index contributed by atoms with van der Waals surface area (Å²) in [5.41, 5.74) is 1.18. The lowest BCUT2D eigenvalue weighted by Gasteiger charge is -2.35. The van der Waals surface area contributed by atoms with Gasteiger partial charge >= 0.3 is 0 Å². The zero-order valence-corrected chi connectivity index (χ0v) is 16.3. The Morgan fingerprint density at radius 1 is 1.29 bits per heavy atom. The first kappa shape index (κ1) is 19.0. The Labute approximate surface area is 149 Å². The van der Waals surface area contributed by atoms with E-state index < -0.39 is 0 Å². The second-order valence-electron chi connectivity index (χ2n) is 7.29. The monoisotopic (exact) mass is 350 g/mol. The SMILES string of the molecule is Cc1cc([C@@H](C)NC(=O)[C@H](CC(C)C)N2CCCCC2=O)c(C)s1. The summed E-state index contributed by atoms with van der Waals surface area (Å²) in [6, 6.07) is 1.77. The Morgan fingerprint density at radius 3 is 2.54 bits per heavy atom. The van der Waals surface area contributed by atoms with Gasteiger partial charge in [-0.2, -0.15) is 0 Å². The Bertz CT molecular complexity index is 594. The molecule has 134 valence electrons. The lowest BCUT2D eigenvalue weighted by molar-refractivity contribution is -0.143. The first-order chi connectivity index (χ1) is 11.3. The van der Waals surface area contributed by atoms with Crippen LogP contribution >= 0.6 is 11.3 Å². The van der Waals surface area contributed by atoms with E-state index in [1.54, 1.807) is 16.2 Å². The van der Waals surface area contributed by atoms with Gasteiger partial charge in [-0.3, -0.25) is 9.59 Å². The molecule has 0 unspecified atom stereocenters. The van der Waals surface area contributed by atoms with Crippen LogP contribution in [0.1, 0.15) is 67.8 Å². The average Bonchev–Trinajstić information content (AvgIpc) is 2.84. The van der Waals surface area contributed by atoms with Crippen LogP contribution in [0.3, 0.4) is 0 Å². The fourth-order valence-electron chi connectivity index (χ4n) is 3.45. The number of carbonyl (C=O) groups is 2. The third-order valence-corrected chi connectivity index (χ3v) is 5.62. The van der Waals surface area contributed by atoms with E-state index in [0.29, 0.717) is 25.3 Å². The van der Waals surface area contributed by atoms with E-state index in [2.05, 4.69) is 39.1 Å². The first-order valence-electron chi connectivity index (χ1n) is 8.96. The second kappa shape index (κ2) is 8.15. The molecular weight excluding hydrogens is 320 g/mol. The summed E-state index contributed by atoms with van der Waals surface area (Å²) in [4.78, 5) is 29.5. The van der Waals surface area contributed by atoms with Crippen molar-refractivity contribution < 1.29 is 9.59 Å². The third kappa shape index (κ3) is 4.59. The minimum Gasteiger partial charge on any atom is -0.348 e. The van der Waals surface area contributed by atoms with Gasteiger partial charge in [0.2, 0.25) is 11.8 Å². The number of carbonyl (C=O) groups excluding carboxylic acids is 2. The van der Waals surface area contributed by atoms with Crippen LogP contribution in [0.15, 0.2) is 6.07 Å². The number of likely N-dealkylation sites (tertiary alicyclic amines) is 1. The molecule has 1 aliphatic heterocycles. The molecule has 0 radical (unpaired) electrons. The number of hydrogen-bond acceptors (Lipinski definition) is 3. The van der Waals surface area contributed by atoms with Gasteiger partial charge in [-0.1, -0.05) is 13.8 Å². The molecule has 0 bridgehead atoms. The Morgan fingerprint density at radius 2 is 2.00 bits per heavy atom. The largest absolute Gasteiger partial charge is 0.348 e. The number of nitrogens with zero attached hydrogens (tertiary/aromatic N) is 1. The molecule has 2 rings (SSSR count). The van der Waals surface area contributed by atoms with E-state index in [1.165, 1.54) is 15.3 Å². The van der Waals surface area contributed by atoms with Crippen LogP contribution in [0.25, 0.3) is 0 Å². The quantitative estimate of drug-likeness (QED) is 0.844. The van der Waals surface area contributed by atoms with E-state index in [0.717, 1.165) is 12.8 Å². The number of nitrogens with one attached hydrogen (secondary N) is 1. The summed E-state index contributed by atoms with van der Waals surface area (Å²) < 4.78 is 0. The van der Waals surface area contributed by atoms with Gasteiger partial charge in [-0.25, -0.2) is 0 Å². The fourth-order valence-corrected chi connectivity index (χ4v) is 4.47. The van der Waals surface area contributed by atoms with Gasteiger partial charge in [0.05, 0.1) is 6.04 Å². The number of hydrogen-bond donors (Lipinski definition) is 1. The predicted octanol–water partition coefficient (Wildman–Crippen LogP) is 3.97. The van der Waals surface area contributed by atoms with Gasteiger partial charge in [0.1, 0.15) is 6.04 Å². The highest BCUT2D eigenvalue weighted by Crippen LogP contribution is 2.27. The summed E-state index contributed by atoms with van der Waals surface area (Å²) in [6.45, 7) is 11.1. The molecule has 1 fully saturated rings. The van der Waals surface area contributed by atoms with Gasteiger partial charge in [0.25, 0.3) is 0 Å². The van der Waals surface area contributed by atoms with Gasteiger partial charge in [-0.05, 0) is 57.6 Å². The van der Waals surface area contributed by atoms with Crippen molar-refractivity contribution in [3.63, 3.8) is 0 Å². The molecule has 1 aliphatic rings. The molecule has 0 spiro atoms. The van der Waals surface area contributed by atoms with Gasteiger partial charge < -0.3 is 10.2 Å². The summed E-state index contributed by atoms with van der Waals surface area (Å²) in [5.74, 6) is 0.475. The normalized spacial score (nSPS) is 17.9. The number of amides is 2. The highest BCUT2D eigenvalue weighted by molar-refractivity contribution is 7.12. The van der Waals surface area contributed by atoms with Crippen molar-refractivity contribution in [1.29, 1.82) is 0 Å². The molecule has 1 aromatic heterocycles. The molecule has 4 nitrogen and oxygen atoms in total. The Kier molecular flexibility index (Phi) is 6.44. The van der Waals surface area contributed by atoms with Gasteiger partial charge in [-0.15, -0.1) is 11.3 Å². The number of aryl methyl sites for hydroxylation is 2. The molecule has 0 saturated carbocycles. The maximum Gasteiger partial charge on any atom is 0.243 e. The summed E-state index contributed by atoms with van der Waals surface area (Å²) in [7, 11) is 0. The third-order valence-electron chi connectivity index (χ3n) is 4.64. The predicted molar refractivity (Wildman–Crippen MR) is 99.2 cm³/mol. The van der Waals surface area contributed by atoms with Crippen LogP contribution in [0, 0.1) is 19.8 Å². The molecule has 5 heteroatoms. The summed E-state index contributed by atoms with van der Waals surface area (Å²) >= 11 is 1.76. The second-order valence-corrected chi connectivity index (χ2v) is 8.75. The summed E-state index contributed by atoms with van der Waals surface area (Å²) in [6.07, 6.45) is 3.22. The van der Waals surface area contributed by atoms with E-state index in [9.17, 15) is 9.59 Å². The Balaban J connectivity index is 2.12. The van der Waals surface area contributed by atoms with E-state index in [4.69, 9.17) is 0 Å². The smallest absolute Gasteiger partial charge is 0.243 e. The van der Waals surface area contributed by atoms with Gasteiger partial charge in [0.15, 0.2) is 0 Å². The van der Waals surface area contributed by atoms with Crippen molar-refractivity contribution in [2.24, 2.45) is 5.92 Å². The Hall–Kier alpha value is -1.36.